The van der Waals surface area contributed by atoms with Crippen LogP contribution in [0, 0.1) is 0 Å². The second kappa shape index (κ2) is 7.02. The SMILES string of the molecule is COc1ccc(Cn2nc(-c3ccc(CN)cc3)c3ccccc32)cc1. The van der Waals surface area contributed by atoms with Gasteiger partial charge in [-0.05, 0) is 29.3 Å². The van der Waals surface area contributed by atoms with Crippen molar-refractivity contribution >= 4 is 10.9 Å². The topological polar surface area (TPSA) is 53.1 Å². The minimum Gasteiger partial charge on any atom is -0.497 e. The third-order valence-electron chi connectivity index (χ3n) is 4.61. The van der Waals surface area contributed by atoms with Gasteiger partial charge in [-0.25, -0.2) is 0 Å². The maximum Gasteiger partial charge on any atom is 0.118 e. The first kappa shape index (κ1) is 16.4. The molecule has 0 unspecified atom stereocenters. The Hall–Kier alpha value is -3.11. The summed E-state index contributed by atoms with van der Waals surface area (Å²) in [6.45, 7) is 1.26. The van der Waals surface area contributed by atoms with Gasteiger partial charge in [-0.1, -0.05) is 54.6 Å². The maximum atomic E-state index is 5.71. The Labute approximate surface area is 152 Å². The number of nitrogens with two attached hydrogens (primary N) is 1. The summed E-state index contributed by atoms with van der Waals surface area (Å²) in [4.78, 5) is 0. The zero-order valence-electron chi connectivity index (χ0n) is 14.7. The molecule has 0 aliphatic heterocycles. The molecule has 0 fully saturated rings. The Kier molecular flexibility index (Phi) is 4.42. The fraction of sp³-hybridized carbons (Fsp3) is 0.136. The van der Waals surface area contributed by atoms with E-state index in [1.54, 1.807) is 7.11 Å². The summed E-state index contributed by atoms with van der Waals surface area (Å²) in [5, 5.41) is 6.06. The fourth-order valence-corrected chi connectivity index (χ4v) is 3.16. The lowest BCUT2D eigenvalue weighted by atomic mass is 10.1. The molecule has 0 atom stereocenters. The smallest absolute Gasteiger partial charge is 0.118 e. The van der Waals surface area contributed by atoms with Crippen LogP contribution in [0.3, 0.4) is 0 Å². The number of hydrogen-bond acceptors (Lipinski definition) is 3. The number of aromatic nitrogens is 2. The molecule has 4 heteroatoms. The molecular formula is C22H21N3O. The summed E-state index contributed by atoms with van der Waals surface area (Å²) >= 11 is 0. The standard InChI is InChI=1S/C22H21N3O/c1-26-19-12-8-17(9-13-19)15-25-21-5-3-2-4-20(21)22(24-25)18-10-6-16(14-23)7-11-18/h2-13H,14-15,23H2,1H3. The van der Waals surface area contributed by atoms with Gasteiger partial charge in [0.2, 0.25) is 0 Å². The van der Waals surface area contributed by atoms with Crippen LogP contribution in [-0.4, -0.2) is 16.9 Å². The predicted octanol–water partition coefficient (Wildman–Crippen LogP) is 4.22. The van der Waals surface area contributed by atoms with E-state index in [9.17, 15) is 0 Å². The lowest BCUT2D eigenvalue weighted by Crippen LogP contribution is -2.01. The van der Waals surface area contributed by atoms with Crippen LogP contribution in [0.25, 0.3) is 22.2 Å². The molecule has 26 heavy (non-hydrogen) atoms. The Morgan fingerprint density at radius 3 is 2.27 bits per heavy atom. The van der Waals surface area contributed by atoms with Crippen molar-refractivity contribution in [1.82, 2.24) is 9.78 Å². The Morgan fingerprint density at radius 2 is 1.58 bits per heavy atom. The number of fused-ring (bicyclic) bond motifs is 1. The highest BCUT2D eigenvalue weighted by molar-refractivity contribution is 5.93. The van der Waals surface area contributed by atoms with Gasteiger partial charge in [-0.3, -0.25) is 4.68 Å². The molecule has 0 amide bonds. The number of rotatable bonds is 5. The lowest BCUT2D eigenvalue weighted by molar-refractivity contribution is 0.414. The third kappa shape index (κ3) is 3.07. The number of methoxy groups -OCH3 is 1. The second-order valence-electron chi connectivity index (χ2n) is 6.27. The van der Waals surface area contributed by atoms with Crippen molar-refractivity contribution in [3.05, 3.63) is 83.9 Å². The van der Waals surface area contributed by atoms with E-state index >= 15 is 0 Å². The average molecular weight is 343 g/mol. The first-order chi connectivity index (χ1) is 12.8. The lowest BCUT2D eigenvalue weighted by Gasteiger charge is -2.05. The minimum absolute atomic E-state index is 0.549. The minimum atomic E-state index is 0.549. The van der Waals surface area contributed by atoms with Crippen LogP contribution in [-0.2, 0) is 13.1 Å². The van der Waals surface area contributed by atoms with Crippen LogP contribution in [0.15, 0.2) is 72.8 Å². The van der Waals surface area contributed by atoms with Gasteiger partial charge in [-0.15, -0.1) is 0 Å². The van der Waals surface area contributed by atoms with Gasteiger partial charge in [0, 0.05) is 17.5 Å². The number of nitrogens with zero attached hydrogens (tertiary/aromatic N) is 2. The molecule has 0 saturated heterocycles. The molecule has 2 N–H and O–H groups in total. The molecule has 1 aromatic heterocycles. The summed E-state index contributed by atoms with van der Waals surface area (Å²) in [6, 6.07) is 24.8. The van der Waals surface area contributed by atoms with Crippen molar-refractivity contribution in [3.63, 3.8) is 0 Å². The van der Waals surface area contributed by atoms with Crippen molar-refractivity contribution in [3.8, 4) is 17.0 Å². The first-order valence-corrected chi connectivity index (χ1v) is 8.66. The average Bonchev–Trinajstić information content (AvgIpc) is 3.07. The molecule has 4 aromatic rings. The summed E-state index contributed by atoms with van der Waals surface area (Å²) in [5.74, 6) is 0.861. The highest BCUT2D eigenvalue weighted by Gasteiger charge is 2.12. The predicted molar refractivity (Wildman–Crippen MR) is 105 cm³/mol. The van der Waals surface area contributed by atoms with Crippen molar-refractivity contribution < 1.29 is 4.74 Å². The normalized spacial score (nSPS) is 11.0. The Morgan fingerprint density at radius 1 is 0.885 bits per heavy atom. The molecule has 0 aliphatic rings. The molecule has 0 spiro atoms. The van der Waals surface area contributed by atoms with Gasteiger partial charge in [0.1, 0.15) is 11.4 Å². The zero-order chi connectivity index (χ0) is 17.9. The Bertz CT molecular complexity index is 1020. The zero-order valence-corrected chi connectivity index (χ0v) is 14.7. The number of para-hydroxylation sites is 1. The Balaban J connectivity index is 1.75. The molecule has 1 heterocycles. The van der Waals surface area contributed by atoms with E-state index in [4.69, 9.17) is 15.6 Å². The number of ether oxygens (including phenoxy) is 1. The second-order valence-corrected chi connectivity index (χ2v) is 6.27. The molecule has 0 aliphatic carbocycles. The van der Waals surface area contributed by atoms with Crippen LogP contribution < -0.4 is 10.5 Å². The highest BCUT2D eigenvalue weighted by Crippen LogP contribution is 2.28. The van der Waals surface area contributed by atoms with Crippen molar-refractivity contribution in [2.24, 2.45) is 5.73 Å². The van der Waals surface area contributed by atoms with Crippen LogP contribution in [0.1, 0.15) is 11.1 Å². The summed E-state index contributed by atoms with van der Waals surface area (Å²) in [7, 11) is 1.68. The van der Waals surface area contributed by atoms with E-state index in [1.165, 1.54) is 5.56 Å². The molecule has 4 nitrogen and oxygen atoms in total. The molecule has 130 valence electrons. The van der Waals surface area contributed by atoms with E-state index in [1.807, 2.05) is 12.1 Å². The van der Waals surface area contributed by atoms with E-state index in [2.05, 4.69) is 65.3 Å². The van der Waals surface area contributed by atoms with Gasteiger partial charge in [-0.2, -0.15) is 5.10 Å². The van der Waals surface area contributed by atoms with E-state index in [0.29, 0.717) is 13.1 Å². The van der Waals surface area contributed by atoms with Crippen LogP contribution in [0.2, 0.25) is 0 Å². The third-order valence-corrected chi connectivity index (χ3v) is 4.61. The van der Waals surface area contributed by atoms with Crippen LogP contribution in [0.4, 0.5) is 0 Å². The van der Waals surface area contributed by atoms with Gasteiger partial charge >= 0.3 is 0 Å². The monoisotopic (exact) mass is 343 g/mol. The molecule has 0 bridgehead atoms. The van der Waals surface area contributed by atoms with Crippen molar-refractivity contribution in [2.75, 3.05) is 7.11 Å². The largest absolute Gasteiger partial charge is 0.497 e. The van der Waals surface area contributed by atoms with E-state index in [-0.39, 0.29) is 0 Å². The van der Waals surface area contributed by atoms with Crippen LogP contribution in [0.5, 0.6) is 5.75 Å². The van der Waals surface area contributed by atoms with Crippen LogP contribution >= 0.6 is 0 Å². The first-order valence-electron chi connectivity index (χ1n) is 8.66. The van der Waals surface area contributed by atoms with Crippen molar-refractivity contribution in [1.29, 1.82) is 0 Å². The van der Waals surface area contributed by atoms with Gasteiger partial charge < -0.3 is 10.5 Å². The molecule has 0 radical (unpaired) electrons. The number of hydrogen-bond donors (Lipinski definition) is 1. The summed E-state index contributed by atoms with van der Waals surface area (Å²) in [5.41, 5.74) is 11.2. The quantitative estimate of drug-likeness (QED) is 0.590. The van der Waals surface area contributed by atoms with E-state index in [0.717, 1.165) is 33.5 Å². The molecule has 4 rings (SSSR count). The maximum absolute atomic E-state index is 5.71. The highest BCUT2D eigenvalue weighted by atomic mass is 16.5. The van der Waals surface area contributed by atoms with Crippen molar-refractivity contribution in [2.45, 2.75) is 13.1 Å². The number of benzene rings is 3. The van der Waals surface area contributed by atoms with Gasteiger partial charge in [0.15, 0.2) is 0 Å². The summed E-state index contributed by atoms with van der Waals surface area (Å²) < 4.78 is 7.30. The molecule has 0 saturated carbocycles. The fourth-order valence-electron chi connectivity index (χ4n) is 3.16. The molecule has 3 aromatic carbocycles. The van der Waals surface area contributed by atoms with Gasteiger partial charge in [0.05, 0.1) is 19.2 Å². The molecular weight excluding hydrogens is 322 g/mol. The van der Waals surface area contributed by atoms with E-state index < -0.39 is 0 Å². The summed E-state index contributed by atoms with van der Waals surface area (Å²) in [6.07, 6.45) is 0. The van der Waals surface area contributed by atoms with Gasteiger partial charge in [0.25, 0.3) is 0 Å².